The first kappa shape index (κ1) is 13.7. The summed E-state index contributed by atoms with van der Waals surface area (Å²) in [5, 5.41) is 6.34. The van der Waals surface area contributed by atoms with Gasteiger partial charge in [0.25, 0.3) is 0 Å². The number of anilines is 1. The summed E-state index contributed by atoms with van der Waals surface area (Å²) in [4.78, 5) is 12.8. The van der Waals surface area contributed by atoms with Crippen LogP contribution in [0.25, 0.3) is 10.2 Å². The van der Waals surface area contributed by atoms with E-state index in [4.69, 9.17) is 4.74 Å². The predicted octanol–water partition coefficient (Wildman–Crippen LogP) is 2.34. The Bertz CT molecular complexity index is 578. The summed E-state index contributed by atoms with van der Waals surface area (Å²) in [5.41, 5.74) is 0. The molecule has 20 heavy (non-hydrogen) atoms. The van der Waals surface area contributed by atoms with Crippen molar-refractivity contribution >= 4 is 27.4 Å². The van der Waals surface area contributed by atoms with Gasteiger partial charge in [0.05, 0.1) is 18.0 Å². The molecule has 1 fully saturated rings. The van der Waals surface area contributed by atoms with Crippen molar-refractivity contribution in [3.63, 3.8) is 0 Å². The molecule has 108 valence electrons. The van der Waals surface area contributed by atoms with Crippen molar-refractivity contribution < 1.29 is 4.74 Å². The minimum Gasteiger partial charge on any atom is -0.381 e. The zero-order chi connectivity index (χ0) is 13.9. The third-order valence-corrected chi connectivity index (χ3v) is 4.65. The standard InChI is InChI=1S/C14H20N4OS/c1-15-13-11-5-8-20-14(11)17-12(16-13)9-18-6-3-10(19-2)4-7-18/h5,8,10H,3-4,6-7,9H2,1-2H3,(H,15,16,17). The van der Waals surface area contributed by atoms with E-state index in [2.05, 4.69) is 31.6 Å². The first-order chi connectivity index (χ1) is 9.80. The van der Waals surface area contributed by atoms with Crippen LogP contribution >= 0.6 is 11.3 Å². The van der Waals surface area contributed by atoms with Gasteiger partial charge in [-0.2, -0.15) is 0 Å². The lowest BCUT2D eigenvalue weighted by atomic mass is 10.1. The van der Waals surface area contributed by atoms with Gasteiger partial charge < -0.3 is 10.1 Å². The van der Waals surface area contributed by atoms with Crippen LogP contribution in [0, 0.1) is 0 Å². The number of methoxy groups -OCH3 is 1. The summed E-state index contributed by atoms with van der Waals surface area (Å²) in [6, 6.07) is 2.07. The highest BCUT2D eigenvalue weighted by molar-refractivity contribution is 7.16. The Morgan fingerprint density at radius 2 is 2.20 bits per heavy atom. The summed E-state index contributed by atoms with van der Waals surface area (Å²) >= 11 is 1.67. The summed E-state index contributed by atoms with van der Waals surface area (Å²) < 4.78 is 5.41. The van der Waals surface area contributed by atoms with E-state index in [9.17, 15) is 0 Å². The van der Waals surface area contributed by atoms with Crippen LogP contribution in [0.3, 0.4) is 0 Å². The van der Waals surface area contributed by atoms with Crippen molar-refractivity contribution in [2.75, 3.05) is 32.6 Å². The molecular formula is C14H20N4OS. The molecule has 1 aliphatic rings. The fourth-order valence-electron chi connectivity index (χ4n) is 2.66. The van der Waals surface area contributed by atoms with Crippen LogP contribution in [0.1, 0.15) is 18.7 Å². The lowest BCUT2D eigenvalue weighted by Gasteiger charge is -2.30. The number of aromatic nitrogens is 2. The zero-order valence-electron chi connectivity index (χ0n) is 11.9. The van der Waals surface area contributed by atoms with Crippen LogP contribution in [0.4, 0.5) is 5.82 Å². The second-order valence-electron chi connectivity index (χ2n) is 5.09. The largest absolute Gasteiger partial charge is 0.381 e. The van der Waals surface area contributed by atoms with E-state index in [1.165, 1.54) is 0 Å². The van der Waals surface area contributed by atoms with Gasteiger partial charge in [0, 0.05) is 27.2 Å². The van der Waals surface area contributed by atoms with Gasteiger partial charge in [-0.1, -0.05) is 0 Å². The Kier molecular flexibility index (Phi) is 4.14. The molecule has 2 aromatic rings. The van der Waals surface area contributed by atoms with Gasteiger partial charge in [0.1, 0.15) is 16.5 Å². The third-order valence-electron chi connectivity index (χ3n) is 3.84. The van der Waals surface area contributed by atoms with E-state index < -0.39 is 0 Å². The van der Waals surface area contributed by atoms with E-state index in [0.29, 0.717) is 6.10 Å². The molecule has 0 saturated carbocycles. The Balaban J connectivity index is 1.74. The van der Waals surface area contributed by atoms with Gasteiger partial charge in [-0.3, -0.25) is 4.90 Å². The van der Waals surface area contributed by atoms with Gasteiger partial charge >= 0.3 is 0 Å². The van der Waals surface area contributed by atoms with Crippen molar-refractivity contribution in [2.24, 2.45) is 0 Å². The normalized spacial score (nSPS) is 17.7. The molecule has 0 atom stereocenters. The number of fused-ring (bicyclic) bond motifs is 1. The number of ether oxygens (including phenoxy) is 1. The topological polar surface area (TPSA) is 50.3 Å². The average Bonchev–Trinajstić information content (AvgIpc) is 2.95. The molecule has 3 rings (SSSR count). The minimum absolute atomic E-state index is 0.416. The number of nitrogens with one attached hydrogen (secondary N) is 1. The second-order valence-corrected chi connectivity index (χ2v) is 5.98. The maximum absolute atomic E-state index is 5.41. The van der Waals surface area contributed by atoms with E-state index >= 15 is 0 Å². The van der Waals surface area contributed by atoms with Crippen LogP contribution < -0.4 is 5.32 Å². The van der Waals surface area contributed by atoms with Gasteiger partial charge in [-0.05, 0) is 24.3 Å². The fraction of sp³-hybridized carbons (Fsp3) is 0.571. The van der Waals surface area contributed by atoms with Crippen molar-refractivity contribution in [1.82, 2.24) is 14.9 Å². The maximum Gasteiger partial charge on any atom is 0.146 e. The van der Waals surface area contributed by atoms with E-state index in [-0.39, 0.29) is 0 Å². The van der Waals surface area contributed by atoms with Gasteiger partial charge in [0.2, 0.25) is 0 Å². The first-order valence-corrected chi connectivity index (χ1v) is 7.85. The SMILES string of the molecule is CNc1nc(CN2CCC(OC)CC2)nc2sccc12. The molecule has 0 aromatic carbocycles. The number of piperidine rings is 1. The van der Waals surface area contributed by atoms with E-state index in [0.717, 1.165) is 54.3 Å². The number of likely N-dealkylation sites (tertiary alicyclic amines) is 1. The van der Waals surface area contributed by atoms with Crippen LogP contribution in [-0.2, 0) is 11.3 Å². The van der Waals surface area contributed by atoms with Gasteiger partial charge in [0.15, 0.2) is 0 Å². The van der Waals surface area contributed by atoms with Crippen molar-refractivity contribution in [3.8, 4) is 0 Å². The molecule has 3 heterocycles. The second kappa shape index (κ2) is 6.03. The predicted molar refractivity (Wildman–Crippen MR) is 82.3 cm³/mol. The number of hydrogen-bond donors (Lipinski definition) is 1. The molecule has 1 aliphatic heterocycles. The van der Waals surface area contributed by atoms with Crippen molar-refractivity contribution in [1.29, 1.82) is 0 Å². The minimum atomic E-state index is 0.416. The summed E-state index contributed by atoms with van der Waals surface area (Å²) in [6.45, 7) is 2.93. The highest BCUT2D eigenvalue weighted by atomic mass is 32.1. The quantitative estimate of drug-likeness (QED) is 0.937. The third kappa shape index (κ3) is 2.77. The highest BCUT2D eigenvalue weighted by Crippen LogP contribution is 2.25. The number of nitrogens with zero attached hydrogens (tertiary/aromatic N) is 3. The fourth-order valence-corrected chi connectivity index (χ4v) is 3.45. The number of rotatable bonds is 4. The van der Waals surface area contributed by atoms with Crippen LogP contribution in [0.5, 0.6) is 0 Å². The highest BCUT2D eigenvalue weighted by Gasteiger charge is 2.20. The molecule has 6 heteroatoms. The molecule has 1 saturated heterocycles. The Morgan fingerprint density at radius 3 is 2.90 bits per heavy atom. The maximum atomic E-state index is 5.41. The molecule has 0 amide bonds. The Labute approximate surface area is 123 Å². The molecule has 2 aromatic heterocycles. The van der Waals surface area contributed by atoms with Crippen LogP contribution in [0.2, 0.25) is 0 Å². The van der Waals surface area contributed by atoms with Crippen molar-refractivity contribution in [2.45, 2.75) is 25.5 Å². The molecule has 0 aliphatic carbocycles. The molecule has 0 radical (unpaired) electrons. The molecule has 0 spiro atoms. The lowest BCUT2D eigenvalue weighted by molar-refractivity contribution is 0.0382. The van der Waals surface area contributed by atoms with E-state index in [1.807, 2.05) is 7.05 Å². The molecular weight excluding hydrogens is 272 g/mol. The summed E-state index contributed by atoms with van der Waals surface area (Å²) in [5.74, 6) is 1.83. The molecule has 0 unspecified atom stereocenters. The van der Waals surface area contributed by atoms with Crippen LogP contribution in [0.15, 0.2) is 11.4 Å². The molecule has 0 bridgehead atoms. The van der Waals surface area contributed by atoms with Crippen molar-refractivity contribution in [3.05, 3.63) is 17.3 Å². The lowest BCUT2D eigenvalue weighted by Crippen LogP contribution is -2.36. The Morgan fingerprint density at radius 1 is 1.40 bits per heavy atom. The van der Waals surface area contributed by atoms with Crippen LogP contribution in [-0.4, -0.2) is 48.2 Å². The van der Waals surface area contributed by atoms with Gasteiger partial charge in [-0.15, -0.1) is 11.3 Å². The summed E-state index contributed by atoms with van der Waals surface area (Å²) in [6.07, 6.45) is 2.60. The smallest absolute Gasteiger partial charge is 0.146 e. The Hall–Kier alpha value is -1.24. The molecule has 5 nitrogen and oxygen atoms in total. The van der Waals surface area contributed by atoms with E-state index in [1.54, 1.807) is 18.4 Å². The average molecular weight is 292 g/mol. The van der Waals surface area contributed by atoms with Gasteiger partial charge in [-0.25, -0.2) is 9.97 Å². The monoisotopic (exact) mass is 292 g/mol. The number of thiophene rings is 1. The molecule has 1 N–H and O–H groups in total. The zero-order valence-corrected chi connectivity index (χ0v) is 12.7. The number of hydrogen-bond acceptors (Lipinski definition) is 6. The summed E-state index contributed by atoms with van der Waals surface area (Å²) in [7, 11) is 3.71. The first-order valence-electron chi connectivity index (χ1n) is 6.97.